The van der Waals surface area contributed by atoms with E-state index in [0.29, 0.717) is 37.6 Å². The second-order valence-corrected chi connectivity index (χ2v) is 8.16. The lowest BCUT2D eigenvalue weighted by Gasteiger charge is -2.17. The molecule has 3 rings (SSSR count). The van der Waals surface area contributed by atoms with Gasteiger partial charge in [-0.2, -0.15) is 12.7 Å². The van der Waals surface area contributed by atoms with Crippen LogP contribution in [0.5, 0.6) is 0 Å². The Kier molecular flexibility index (Phi) is 5.80. The summed E-state index contributed by atoms with van der Waals surface area (Å²) in [4.78, 5) is 15.3. The molecular weight excluding hydrogens is 352 g/mol. The van der Waals surface area contributed by atoms with Crippen molar-refractivity contribution in [2.75, 3.05) is 38.6 Å². The third-order valence-electron chi connectivity index (χ3n) is 4.19. The summed E-state index contributed by atoms with van der Waals surface area (Å²) >= 11 is 0. The van der Waals surface area contributed by atoms with E-state index in [4.69, 9.17) is 0 Å². The lowest BCUT2D eigenvalue weighted by atomic mass is 10.2. The predicted molar refractivity (Wildman–Crippen MR) is 101 cm³/mol. The Morgan fingerprint density at radius 3 is 2.62 bits per heavy atom. The molecule has 26 heavy (non-hydrogen) atoms. The van der Waals surface area contributed by atoms with E-state index >= 15 is 0 Å². The Hall–Kier alpha value is -2.10. The molecule has 0 atom stereocenters. The van der Waals surface area contributed by atoms with Crippen molar-refractivity contribution in [2.24, 2.45) is 0 Å². The fourth-order valence-electron chi connectivity index (χ4n) is 2.78. The van der Waals surface area contributed by atoms with Crippen molar-refractivity contribution in [2.45, 2.75) is 19.3 Å². The maximum absolute atomic E-state index is 12.3. The molecule has 0 saturated carbocycles. The monoisotopic (exact) mass is 376 g/mol. The Labute approximate surface area is 154 Å². The minimum absolute atomic E-state index is 0.296. The van der Waals surface area contributed by atoms with Crippen LogP contribution in [0.15, 0.2) is 30.5 Å². The first-order chi connectivity index (χ1) is 12.5. The second-order valence-electron chi connectivity index (χ2n) is 6.41. The molecule has 0 bridgehead atoms. The fraction of sp³-hybridized carbons (Fsp3) is 0.471. The van der Waals surface area contributed by atoms with Crippen LogP contribution in [0.1, 0.15) is 18.5 Å². The average molecular weight is 376 g/mol. The standard InChI is InChI=1S/C17H24N6O2S/c1-22(2)16-13-14(20-17(21-16)15-7-3-4-9-18-15)8-10-19-26(24,25)23-11-5-6-12-23/h3-4,7,9,13,19H,5-6,8,10-12H2,1-2H3. The van der Waals surface area contributed by atoms with Gasteiger partial charge in [-0.1, -0.05) is 6.07 Å². The summed E-state index contributed by atoms with van der Waals surface area (Å²) in [5.74, 6) is 1.30. The van der Waals surface area contributed by atoms with Gasteiger partial charge < -0.3 is 4.90 Å². The van der Waals surface area contributed by atoms with Crippen LogP contribution in [-0.4, -0.2) is 61.4 Å². The number of pyridine rings is 1. The molecule has 1 N–H and O–H groups in total. The SMILES string of the molecule is CN(C)c1cc(CCNS(=O)(=O)N2CCCC2)nc(-c2ccccn2)n1. The summed E-state index contributed by atoms with van der Waals surface area (Å²) in [6, 6.07) is 7.45. The number of nitrogens with one attached hydrogen (secondary N) is 1. The van der Waals surface area contributed by atoms with E-state index in [0.717, 1.165) is 24.4 Å². The molecule has 0 amide bonds. The molecule has 2 aromatic heterocycles. The van der Waals surface area contributed by atoms with Crippen molar-refractivity contribution in [3.05, 3.63) is 36.2 Å². The van der Waals surface area contributed by atoms with Gasteiger partial charge >= 0.3 is 0 Å². The molecule has 1 aliphatic rings. The van der Waals surface area contributed by atoms with Crippen molar-refractivity contribution in [1.29, 1.82) is 0 Å². The van der Waals surface area contributed by atoms with Crippen molar-refractivity contribution in [3.63, 3.8) is 0 Å². The van der Waals surface area contributed by atoms with Crippen LogP contribution in [0.25, 0.3) is 11.5 Å². The molecule has 2 aromatic rings. The summed E-state index contributed by atoms with van der Waals surface area (Å²) in [5, 5.41) is 0. The highest BCUT2D eigenvalue weighted by Gasteiger charge is 2.24. The van der Waals surface area contributed by atoms with Crippen molar-refractivity contribution < 1.29 is 8.42 Å². The van der Waals surface area contributed by atoms with E-state index in [-0.39, 0.29) is 0 Å². The van der Waals surface area contributed by atoms with E-state index in [2.05, 4.69) is 19.7 Å². The number of hydrogen-bond acceptors (Lipinski definition) is 6. The highest BCUT2D eigenvalue weighted by molar-refractivity contribution is 7.87. The first-order valence-corrected chi connectivity index (χ1v) is 10.1. The molecule has 3 heterocycles. The van der Waals surface area contributed by atoms with Crippen molar-refractivity contribution >= 4 is 16.0 Å². The quantitative estimate of drug-likeness (QED) is 0.777. The first kappa shape index (κ1) is 18.7. The van der Waals surface area contributed by atoms with E-state index in [1.54, 1.807) is 6.20 Å². The molecule has 0 radical (unpaired) electrons. The van der Waals surface area contributed by atoms with Gasteiger partial charge in [0.15, 0.2) is 5.82 Å². The molecule has 0 aromatic carbocycles. The molecule has 8 nitrogen and oxygen atoms in total. The van der Waals surface area contributed by atoms with Gasteiger partial charge in [-0.25, -0.2) is 14.7 Å². The van der Waals surface area contributed by atoms with E-state index in [1.807, 2.05) is 43.3 Å². The van der Waals surface area contributed by atoms with Crippen molar-refractivity contribution in [1.82, 2.24) is 24.0 Å². The zero-order chi connectivity index (χ0) is 18.6. The Bertz CT molecular complexity index is 836. The number of anilines is 1. The second kappa shape index (κ2) is 8.07. The summed E-state index contributed by atoms with van der Waals surface area (Å²) in [7, 11) is 0.413. The molecule has 1 saturated heterocycles. The van der Waals surface area contributed by atoms with E-state index in [9.17, 15) is 8.42 Å². The van der Waals surface area contributed by atoms with E-state index < -0.39 is 10.2 Å². The molecule has 9 heteroatoms. The fourth-order valence-corrected chi connectivity index (χ4v) is 4.06. The highest BCUT2D eigenvalue weighted by atomic mass is 32.2. The Morgan fingerprint density at radius 1 is 1.19 bits per heavy atom. The van der Waals surface area contributed by atoms with Gasteiger partial charge in [0.05, 0.1) is 0 Å². The normalized spacial score (nSPS) is 15.3. The maximum Gasteiger partial charge on any atom is 0.279 e. The summed E-state index contributed by atoms with van der Waals surface area (Å²) in [6.07, 6.45) is 4.03. The van der Waals surface area contributed by atoms with E-state index in [1.165, 1.54) is 4.31 Å². The molecule has 0 aliphatic carbocycles. The number of nitrogens with zero attached hydrogens (tertiary/aromatic N) is 5. The number of hydrogen-bond donors (Lipinski definition) is 1. The Morgan fingerprint density at radius 2 is 1.96 bits per heavy atom. The van der Waals surface area contributed by atoms with Gasteiger partial charge in [0, 0.05) is 58.1 Å². The molecule has 1 aliphatic heterocycles. The smallest absolute Gasteiger partial charge is 0.279 e. The minimum atomic E-state index is -3.40. The van der Waals surface area contributed by atoms with Crippen LogP contribution in [-0.2, 0) is 16.6 Å². The zero-order valence-electron chi connectivity index (χ0n) is 15.1. The van der Waals surface area contributed by atoms with Gasteiger partial charge in [0.1, 0.15) is 11.5 Å². The van der Waals surface area contributed by atoms with Gasteiger partial charge in [-0.3, -0.25) is 4.98 Å². The highest BCUT2D eigenvalue weighted by Crippen LogP contribution is 2.18. The zero-order valence-corrected chi connectivity index (χ0v) is 15.9. The molecule has 140 valence electrons. The molecular formula is C17H24N6O2S. The largest absolute Gasteiger partial charge is 0.363 e. The molecule has 0 unspecified atom stereocenters. The summed E-state index contributed by atoms with van der Waals surface area (Å²) in [6.45, 7) is 1.49. The molecule has 0 spiro atoms. The van der Waals surface area contributed by atoms with Gasteiger partial charge in [-0.15, -0.1) is 0 Å². The van der Waals surface area contributed by atoms with Crippen LogP contribution in [0.2, 0.25) is 0 Å². The average Bonchev–Trinajstić information content (AvgIpc) is 3.18. The predicted octanol–water partition coefficient (Wildman–Crippen LogP) is 1.08. The summed E-state index contributed by atoms with van der Waals surface area (Å²) in [5.41, 5.74) is 1.46. The third-order valence-corrected chi connectivity index (χ3v) is 5.80. The van der Waals surface area contributed by atoms with Crippen LogP contribution in [0.4, 0.5) is 5.82 Å². The van der Waals surface area contributed by atoms with Gasteiger partial charge in [0.2, 0.25) is 0 Å². The summed E-state index contributed by atoms with van der Waals surface area (Å²) < 4.78 is 28.7. The van der Waals surface area contributed by atoms with Gasteiger partial charge in [-0.05, 0) is 25.0 Å². The van der Waals surface area contributed by atoms with Crippen LogP contribution < -0.4 is 9.62 Å². The first-order valence-electron chi connectivity index (χ1n) is 8.67. The molecule has 1 fully saturated rings. The minimum Gasteiger partial charge on any atom is -0.363 e. The maximum atomic E-state index is 12.3. The van der Waals surface area contributed by atoms with Crippen LogP contribution >= 0.6 is 0 Å². The Balaban J connectivity index is 1.73. The topological polar surface area (TPSA) is 91.3 Å². The number of rotatable bonds is 7. The third kappa shape index (κ3) is 4.54. The van der Waals surface area contributed by atoms with Crippen LogP contribution in [0.3, 0.4) is 0 Å². The lowest BCUT2D eigenvalue weighted by Crippen LogP contribution is -2.39. The van der Waals surface area contributed by atoms with Crippen molar-refractivity contribution in [3.8, 4) is 11.5 Å². The lowest BCUT2D eigenvalue weighted by molar-refractivity contribution is 0.465. The van der Waals surface area contributed by atoms with Gasteiger partial charge in [0.25, 0.3) is 10.2 Å². The number of aromatic nitrogens is 3. The van der Waals surface area contributed by atoms with Crippen LogP contribution in [0, 0.1) is 0 Å².